The summed E-state index contributed by atoms with van der Waals surface area (Å²) < 4.78 is 0. The summed E-state index contributed by atoms with van der Waals surface area (Å²) in [4.78, 5) is 7.83. The van der Waals surface area contributed by atoms with Gasteiger partial charge >= 0.3 is 0 Å². The maximum Gasteiger partial charge on any atom is 0.221 e. The zero-order valence-corrected chi connectivity index (χ0v) is 6.73. The van der Waals surface area contributed by atoms with Crippen LogP contribution in [0.5, 0.6) is 0 Å². The summed E-state index contributed by atoms with van der Waals surface area (Å²) in [5.41, 5.74) is 6.45. The first kappa shape index (κ1) is 7.50. The van der Waals surface area contributed by atoms with Gasteiger partial charge in [0, 0.05) is 5.39 Å². The maximum atomic E-state index is 8.76. The van der Waals surface area contributed by atoms with Gasteiger partial charge in [0.05, 0.1) is 5.52 Å². The summed E-state index contributed by atoms with van der Waals surface area (Å²) in [6.45, 7) is 0. The van der Waals surface area contributed by atoms with E-state index < -0.39 is 0 Å². The van der Waals surface area contributed by atoms with Crippen LogP contribution in [0, 0.1) is 11.3 Å². The van der Waals surface area contributed by atoms with Crippen LogP contribution in [0.1, 0.15) is 5.69 Å². The molecular formula is C9H6N4. The van der Waals surface area contributed by atoms with Gasteiger partial charge in [-0.1, -0.05) is 12.1 Å². The van der Waals surface area contributed by atoms with E-state index in [1.54, 1.807) is 12.1 Å². The Hall–Kier alpha value is -2.15. The summed E-state index contributed by atoms with van der Waals surface area (Å²) in [5.74, 6) is 0.134. The molecule has 0 radical (unpaired) electrons. The van der Waals surface area contributed by atoms with Crippen molar-refractivity contribution in [3.63, 3.8) is 0 Å². The maximum absolute atomic E-state index is 8.76. The minimum atomic E-state index is 0.134. The standard InChI is InChI=1S/C9H6N4/c10-5-8-6-3-1-2-4-7(6)12-9(11)13-8/h1-4H,(H2,11,12,13). The van der Waals surface area contributed by atoms with Crippen LogP contribution in [0.25, 0.3) is 10.9 Å². The average molecular weight is 170 g/mol. The number of hydrogen-bond acceptors (Lipinski definition) is 4. The molecule has 13 heavy (non-hydrogen) atoms. The monoisotopic (exact) mass is 170 g/mol. The number of nitrogen functional groups attached to an aromatic ring is 1. The predicted molar refractivity (Wildman–Crippen MR) is 48.7 cm³/mol. The fraction of sp³-hybridized carbons (Fsp3) is 0. The quantitative estimate of drug-likeness (QED) is 0.641. The number of aromatic nitrogens is 2. The van der Waals surface area contributed by atoms with Crippen molar-refractivity contribution in [3.05, 3.63) is 30.0 Å². The number of nitrogens with two attached hydrogens (primary N) is 1. The Morgan fingerprint density at radius 3 is 2.77 bits per heavy atom. The topological polar surface area (TPSA) is 75.6 Å². The van der Waals surface area contributed by atoms with Gasteiger partial charge in [-0.25, -0.2) is 9.97 Å². The van der Waals surface area contributed by atoms with Crippen LogP contribution in [0.2, 0.25) is 0 Å². The second kappa shape index (κ2) is 2.72. The van der Waals surface area contributed by atoms with Gasteiger partial charge in [-0.2, -0.15) is 5.26 Å². The van der Waals surface area contributed by atoms with E-state index in [1.165, 1.54) is 0 Å². The summed E-state index contributed by atoms with van der Waals surface area (Å²) in [7, 11) is 0. The molecule has 1 aromatic heterocycles. The molecular weight excluding hydrogens is 164 g/mol. The van der Waals surface area contributed by atoms with Crippen LogP contribution in [0.3, 0.4) is 0 Å². The summed E-state index contributed by atoms with van der Waals surface area (Å²) in [6.07, 6.45) is 0. The molecule has 1 heterocycles. The van der Waals surface area contributed by atoms with Crippen molar-refractivity contribution in [1.29, 1.82) is 5.26 Å². The lowest BCUT2D eigenvalue weighted by Gasteiger charge is -1.98. The molecule has 0 spiro atoms. The van der Waals surface area contributed by atoms with Gasteiger partial charge in [-0.05, 0) is 12.1 Å². The van der Waals surface area contributed by atoms with Gasteiger partial charge in [-0.3, -0.25) is 0 Å². The minimum absolute atomic E-state index is 0.134. The van der Waals surface area contributed by atoms with E-state index in [-0.39, 0.29) is 5.95 Å². The van der Waals surface area contributed by atoms with E-state index in [4.69, 9.17) is 11.0 Å². The normalized spacial score (nSPS) is 9.77. The molecule has 62 valence electrons. The summed E-state index contributed by atoms with van der Waals surface area (Å²) >= 11 is 0. The Morgan fingerprint density at radius 2 is 2.00 bits per heavy atom. The van der Waals surface area contributed by atoms with Crippen molar-refractivity contribution >= 4 is 16.9 Å². The molecule has 0 saturated carbocycles. The lowest BCUT2D eigenvalue weighted by molar-refractivity contribution is 1.21. The number of rotatable bonds is 0. The third-order valence-electron chi connectivity index (χ3n) is 1.73. The number of fused-ring (bicyclic) bond motifs is 1. The van der Waals surface area contributed by atoms with E-state index in [0.717, 1.165) is 5.39 Å². The molecule has 0 fully saturated rings. The first-order valence-electron chi connectivity index (χ1n) is 3.73. The molecule has 0 aliphatic carbocycles. The zero-order chi connectivity index (χ0) is 9.26. The third-order valence-corrected chi connectivity index (χ3v) is 1.73. The van der Waals surface area contributed by atoms with E-state index in [9.17, 15) is 0 Å². The molecule has 0 atom stereocenters. The van der Waals surface area contributed by atoms with E-state index in [0.29, 0.717) is 11.2 Å². The van der Waals surface area contributed by atoms with Gasteiger partial charge in [0.15, 0.2) is 5.69 Å². The van der Waals surface area contributed by atoms with Crippen LogP contribution in [0.15, 0.2) is 24.3 Å². The number of hydrogen-bond donors (Lipinski definition) is 1. The van der Waals surface area contributed by atoms with Crippen LogP contribution < -0.4 is 5.73 Å². The number of benzene rings is 1. The molecule has 2 rings (SSSR count). The molecule has 0 amide bonds. The second-order valence-electron chi connectivity index (χ2n) is 2.56. The van der Waals surface area contributed by atoms with Gasteiger partial charge in [0.25, 0.3) is 0 Å². The fourth-order valence-corrected chi connectivity index (χ4v) is 1.18. The van der Waals surface area contributed by atoms with Crippen molar-refractivity contribution < 1.29 is 0 Å². The van der Waals surface area contributed by atoms with Gasteiger partial charge in [-0.15, -0.1) is 0 Å². The molecule has 4 nitrogen and oxygen atoms in total. The molecule has 4 heteroatoms. The van der Waals surface area contributed by atoms with Crippen LogP contribution in [-0.4, -0.2) is 9.97 Å². The smallest absolute Gasteiger partial charge is 0.221 e. The van der Waals surface area contributed by atoms with Crippen molar-refractivity contribution in [2.24, 2.45) is 0 Å². The number of nitrogens with zero attached hydrogens (tertiary/aromatic N) is 3. The lowest BCUT2D eigenvalue weighted by atomic mass is 10.2. The summed E-state index contributed by atoms with van der Waals surface area (Å²) in [5, 5.41) is 9.50. The Kier molecular flexibility index (Phi) is 1.57. The largest absolute Gasteiger partial charge is 0.368 e. The third kappa shape index (κ3) is 1.16. The van der Waals surface area contributed by atoms with E-state index in [2.05, 4.69) is 9.97 Å². The van der Waals surface area contributed by atoms with Crippen LogP contribution >= 0.6 is 0 Å². The highest BCUT2D eigenvalue weighted by molar-refractivity contribution is 5.83. The summed E-state index contributed by atoms with van der Waals surface area (Å²) in [6, 6.07) is 9.26. The zero-order valence-electron chi connectivity index (χ0n) is 6.73. The predicted octanol–water partition coefficient (Wildman–Crippen LogP) is 1.08. The Labute approximate surface area is 74.6 Å². The lowest BCUT2D eigenvalue weighted by Crippen LogP contribution is -1.97. The highest BCUT2D eigenvalue weighted by Crippen LogP contribution is 2.14. The fourth-order valence-electron chi connectivity index (χ4n) is 1.18. The SMILES string of the molecule is N#Cc1nc(N)nc2ccccc12. The van der Waals surface area contributed by atoms with E-state index >= 15 is 0 Å². The highest BCUT2D eigenvalue weighted by Gasteiger charge is 2.03. The minimum Gasteiger partial charge on any atom is -0.368 e. The number of para-hydroxylation sites is 1. The Morgan fingerprint density at radius 1 is 1.23 bits per heavy atom. The first-order chi connectivity index (χ1) is 6.31. The molecule has 0 saturated heterocycles. The second-order valence-corrected chi connectivity index (χ2v) is 2.56. The van der Waals surface area contributed by atoms with E-state index in [1.807, 2.05) is 18.2 Å². The molecule has 0 bridgehead atoms. The molecule has 0 aliphatic heterocycles. The molecule has 1 aromatic carbocycles. The van der Waals surface area contributed by atoms with Crippen LogP contribution in [0.4, 0.5) is 5.95 Å². The van der Waals surface area contributed by atoms with Gasteiger partial charge < -0.3 is 5.73 Å². The van der Waals surface area contributed by atoms with Crippen LogP contribution in [-0.2, 0) is 0 Å². The number of anilines is 1. The Bertz CT molecular complexity index is 498. The van der Waals surface area contributed by atoms with Crippen molar-refractivity contribution in [2.45, 2.75) is 0 Å². The first-order valence-corrected chi connectivity index (χ1v) is 3.73. The van der Waals surface area contributed by atoms with Gasteiger partial charge in [0.1, 0.15) is 6.07 Å². The number of nitriles is 1. The molecule has 0 unspecified atom stereocenters. The Balaban J connectivity index is 2.91. The molecule has 0 aliphatic rings. The average Bonchev–Trinajstić information content (AvgIpc) is 2.16. The van der Waals surface area contributed by atoms with Crippen molar-refractivity contribution in [2.75, 3.05) is 5.73 Å². The molecule has 2 aromatic rings. The van der Waals surface area contributed by atoms with Gasteiger partial charge in [0.2, 0.25) is 5.95 Å². The van der Waals surface area contributed by atoms with Crippen molar-refractivity contribution in [3.8, 4) is 6.07 Å². The highest BCUT2D eigenvalue weighted by atomic mass is 15.0. The molecule has 2 N–H and O–H groups in total. The van der Waals surface area contributed by atoms with Crippen molar-refractivity contribution in [1.82, 2.24) is 9.97 Å².